The molecule has 1 heterocycles. The fourth-order valence-electron chi connectivity index (χ4n) is 1.46. The number of hydrogen-bond acceptors (Lipinski definition) is 2. The summed E-state index contributed by atoms with van der Waals surface area (Å²) in [4.78, 5) is 1.87. The molecule has 0 radical (unpaired) electrons. The Morgan fingerprint density at radius 3 is 2.82 bits per heavy atom. The summed E-state index contributed by atoms with van der Waals surface area (Å²) in [6.07, 6.45) is 2.02. The fourth-order valence-corrected chi connectivity index (χ4v) is 2.72. The summed E-state index contributed by atoms with van der Waals surface area (Å²) in [6, 6.07) is 8.78. The second-order valence-corrected chi connectivity index (χ2v) is 4.62. The zero-order chi connectivity index (χ0) is 10.8. The molecule has 1 fully saturated rings. The van der Waals surface area contributed by atoms with Crippen molar-refractivity contribution in [3.63, 3.8) is 0 Å². The second kappa shape index (κ2) is 7.35. The number of hydrogen-bond donors (Lipinski definition) is 1. The Bertz CT molecular complexity index is 407. The quantitative estimate of drug-likeness (QED) is 0.595. The molecule has 1 saturated heterocycles. The number of thioether (sulfide) groups is 1. The largest absolute Gasteiger partial charge is 1.00 e. The van der Waals surface area contributed by atoms with Crippen molar-refractivity contribution in [2.24, 2.45) is 0 Å². The van der Waals surface area contributed by atoms with Crippen molar-refractivity contribution in [2.75, 3.05) is 10.7 Å². The summed E-state index contributed by atoms with van der Waals surface area (Å²) in [6.45, 7) is 1.98. The first-order valence-electron chi connectivity index (χ1n) is 4.54. The molecule has 0 saturated carbocycles. The van der Waals surface area contributed by atoms with Gasteiger partial charge in [0.05, 0.1) is 0 Å². The molecular weight excluding hydrogens is 270 g/mol. The minimum Gasteiger partial charge on any atom is -0.358 e. The summed E-state index contributed by atoms with van der Waals surface area (Å²) in [5.41, 5.74) is 2.09. The van der Waals surface area contributed by atoms with Crippen LogP contribution < -0.4 is 23.8 Å². The van der Waals surface area contributed by atoms with Crippen LogP contribution in [0, 0.1) is 25.3 Å². The van der Waals surface area contributed by atoms with Gasteiger partial charge in [0.1, 0.15) is 0 Å². The topological polar surface area (TPSA) is 27.1 Å². The van der Waals surface area contributed by atoms with Crippen LogP contribution in [0.1, 0.15) is 12.5 Å². The maximum atomic E-state index is 7.84. The Labute approximate surface area is 127 Å². The first-order chi connectivity index (χ1) is 7.24. The van der Waals surface area contributed by atoms with Gasteiger partial charge in [0.25, 0.3) is 0 Å². The molecule has 0 aliphatic carbocycles. The van der Waals surface area contributed by atoms with Gasteiger partial charge in [0.15, 0.2) is 0 Å². The van der Waals surface area contributed by atoms with Crippen molar-refractivity contribution in [1.82, 2.24) is 0 Å². The molecular formula is C12H13CoLiN2S-2. The molecule has 0 amide bonds. The molecule has 1 aliphatic heterocycles. The van der Waals surface area contributed by atoms with Crippen LogP contribution in [0.15, 0.2) is 18.2 Å². The minimum absolute atomic E-state index is 0. The van der Waals surface area contributed by atoms with Crippen LogP contribution in [0.4, 0.5) is 5.69 Å². The summed E-state index contributed by atoms with van der Waals surface area (Å²) in [7, 11) is 0. The van der Waals surface area contributed by atoms with E-state index in [2.05, 4.69) is 21.4 Å². The predicted octanol–water partition coefficient (Wildman–Crippen LogP) is -0.322. The monoisotopic (exact) mass is 283 g/mol. The molecule has 89 valence electrons. The van der Waals surface area contributed by atoms with Gasteiger partial charge in [-0.1, -0.05) is 0 Å². The molecule has 5 heteroatoms. The predicted molar refractivity (Wildman–Crippen MR) is 68.4 cm³/mol. The van der Waals surface area contributed by atoms with Gasteiger partial charge in [-0.2, -0.15) is 0 Å². The summed E-state index contributed by atoms with van der Waals surface area (Å²) < 4.78 is 0.909. The number of anilines is 1. The van der Waals surface area contributed by atoms with Gasteiger partial charge in [-0.15, -0.1) is 0 Å². The molecule has 0 bridgehead atoms. The van der Waals surface area contributed by atoms with Crippen LogP contribution in [-0.2, 0) is 15.3 Å². The van der Waals surface area contributed by atoms with Gasteiger partial charge in [0.2, 0.25) is 0 Å². The van der Waals surface area contributed by atoms with E-state index < -0.39 is 0 Å². The van der Waals surface area contributed by atoms with Gasteiger partial charge >= 0.3 is 121 Å². The van der Waals surface area contributed by atoms with Crippen LogP contribution >= 0.6 is 11.8 Å². The molecule has 1 aromatic carbocycles. The van der Waals surface area contributed by atoms with E-state index in [9.17, 15) is 0 Å². The summed E-state index contributed by atoms with van der Waals surface area (Å²) >= 11 is 5.95. The summed E-state index contributed by atoms with van der Waals surface area (Å²) in [5, 5.41) is 8.37. The molecule has 0 aromatic heterocycles. The zero-order valence-corrected chi connectivity index (χ0v) is 12.1. The fraction of sp³-hybridized carbons (Fsp3) is 0.167. The molecule has 2 rings (SSSR count). The standard InChI is InChI=1S/C11H10N2S.CH3.Co.Li/c1-2-9-5-3-4-6-10(9)13-7-8-14-11(13)12;;;/h2,4-6,12H,8H2,1H3;1H3;;/q-2;-1;;+1. The Balaban J connectivity index is 0.00000128. The minimum atomic E-state index is 0. The maximum Gasteiger partial charge on any atom is 1.00 e. The van der Waals surface area contributed by atoms with Gasteiger partial charge < -0.3 is 7.43 Å². The molecule has 0 atom stereocenters. The smallest absolute Gasteiger partial charge is 0.358 e. The van der Waals surface area contributed by atoms with E-state index in [1.807, 2.05) is 36.4 Å². The average Bonchev–Trinajstić information content (AvgIpc) is 2.59. The van der Waals surface area contributed by atoms with Crippen LogP contribution in [-0.4, -0.2) is 15.5 Å². The van der Waals surface area contributed by atoms with Gasteiger partial charge in [0, 0.05) is 0 Å². The Morgan fingerprint density at radius 2 is 2.29 bits per heavy atom. The number of nitrogens with zero attached hydrogens (tertiary/aromatic N) is 1. The van der Waals surface area contributed by atoms with Crippen molar-refractivity contribution in [1.29, 1.82) is 5.41 Å². The number of nitrogens with one attached hydrogen (secondary N) is 1. The third-order valence-electron chi connectivity index (χ3n) is 2.18. The molecule has 1 aromatic rings. The molecule has 1 N–H and O–H groups in total. The van der Waals surface area contributed by atoms with Crippen molar-refractivity contribution in [3.05, 3.63) is 43.7 Å². The Kier molecular flexibility index (Phi) is 7.30. The average molecular weight is 283 g/mol. The molecule has 17 heavy (non-hydrogen) atoms. The third kappa shape index (κ3) is 3.43. The summed E-state index contributed by atoms with van der Waals surface area (Å²) in [5.74, 6) is 0.778. The van der Waals surface area contributed by atoms with Crippen molar-refractivity contribution >= 4 is 27.2 Å². The van der Waals surface area contributed by atoms with E-state index >= 15 is 0 Å². The van der Waals surface area contributed by atoms with Gasteiger partial charge in [-0.25, -0.2) is 0 Å². The van der Waals surface area contributed by atoms with E-state index in [4.69, 9.17) is 5.41 Å². The first kappa shape index (κ1) is 16.9. The normalized spacial score (nSPS) is 14.1. The van der Waals surface area contributed by atoms with Crippen LogP contribution in [0.25, 0.3) is 0 Å². The van der Waals surface area contributed by atoms with Crippen molar-refractivity contribution < 1.29 is 34.2 Å². The molecule has 2 nitrogen and oxygen atoms in total. The van der Waals surface area contributed by atoms with E-state index in [0.717, 1.165) is 21.6 Å². The Morgan fingerprint density at radius 1 is 1.59 bits per heavy atom. The number of amidine groups is 1. The first-order valence-corrected chi connectivity index (χ1v) is 6.04. The third-order valence-corrected chi connectivity index (χ3v) is 3.69. The molecule has 0 unspecified atom stereocenters. The van der Waals surface area contributed by atoms with Gasteiger partial charge in [-0.05, 0) is 0 Å². The molecule has 1 aliphatic rings. The van der Waals surface area contributed by atoms with Crippen LogP contribution in [0.3, 0.4) is 0 Å². The SMILES string of the molecule is C[CH-]c1c[c-]ccc1N1C(=N)SC[C]1=[Co].[CH3-].[Li+]. The van der Waals surface area contributed by atoms with Gasteiger partial charge in [-0.3, -0.25) is 0 Å². The molecule has 0 spiro atoms. The van der Waals surface area contributed by atoms with Crippen molar-refractivity contribution in [2.45, 2.75) is 6.92 Å². The number of benzene rings is 1. The van der Waals surface area contributed by atoms with E-state index in [0.29, 0.717) is 5.17 Å². The van der Waals surface area contributed by atoms with E-state index in [-0.39, 0.29) is 26.3 Å². The van der Waals surface area contributed by atoms with E-state index in [1.54, 1.807) is 0 Å². The zero-order valence-electron chi connectivity index (χ0n) is 10.2. The van der Waals surface area contributed by atoms with Crippen LogP contribution in [0.2, 0.25) is 0 Å². The number of rotatable bonds is 2. The maximum absolute atomic E-state index is 7.84. The Hall–Kier alpha value is -0.116. The second-order valence-electron chi connectivity index (χ2n) is 3.05. The van der Waals surface area contributed by atoms with Crippen molar-refractivity contribution in [3.8, 4) is 0 Å². The van der Waals surface area contributed by atoms with E-state index in [1.165, 1.54) is 11.8 Å². The van der Waals surface area contributed by atoms with Crippen LogP contribution in [0.5, 0.6) is 0 Å².